The van der Waals surface area contributed by atoms with Crippen molar-refractivity contribution in [3.8, 4) is 0 Å². The van der Waals surface area contributed by atoms with Crippen LogP contribution in [0.15, 0.2) is 35.5 Å². The molecule has 1 atom stereocenters. The van der Waals surface area contributed by atoms with Crippen molar-refractivity contribution in [3.63, 3.8) is 0 Å². The van der Waals surface area contributed by atoms with Crippen molar-refractivity contribution in [2.45, 2.75) is 48.8 Å². The number of sulfone groups is 1. The fourth-order valence-electron chi connectivity index (χ4n) is 4.08. The van der Waals surface area contributed by atoms with E-state index in [0.29, 0.717) is 23.6 Å². The molecule has 1 aromatic heterocycles. The molecule has 32 heavy (non-hydrogen) atoms. The van der Waals surface area contributed by atoms with Crippen LogP contribution in [0, 0.1) is 5.92 Å². The number of rotatable bonds is 9. The molecule has 3 N–H and O–H groups in total. The molecular weight excluding hydrogens is 454 g/mol. The molecule has 1 heterocycles. The lowest BCUT2D eigenvalue weighted by Crippen LogP contribution is -2.24. The number of carbonyl (C=O) groups is 1. The van der Waals surface area contributed by atoms with Gasteiger partial charge in [0.2, 0.25) is 5.91 Å². The average molecular weight is 482 g/mol. The second-order valence-electron chi connectivity index (χ2n) is 8.28. The van der Waals surface area contributed by atoms with E-state index in [9.17, 15) is 23.4 Å². The van der Waals surface area contributed by atoms with E-state index in [1.807, 2.05) is 0 Å². The summed E-state index contributed by atoms with van der Waals surface area (Å²) in [5.74, 6) is -0.666. The van der Waals surface area contributed by atoms with Crippen molar-refractivity contribution >= 4 is 33.2 Å². The second kappa shape index (κ2) is 10.7. The smallest absolute Gasteiger partial charge is 0.233 e. The van der Waals surface area contributed by atoms with Gasteiger partial charge >= 0.3 is 0 Å². The number of nitrogens with zero attached hydrogens (tertiary/aromatic N) is 2. The van der Waals surface area contributed by atoms with Gasteiger partial charge in [-0.2, -0.15) is 0 Å². The Hall–Kier alpha value is -2.07. The largest absolute Gasteiger partial charge is 0.396 e. The molecule has 174 valence electrons. The van der Waals surface area contributed by atoms with Gasteiger partial charge in [0.25, 0.3) is 0 Å². The van der Waals surface area contributed by atoms with Gasteiger partial charge < -0.3 is 15.5 Å². The van der Waals surface area contributed by atoms with E-state index >= 15 is 0 Å². The van der Waals surface area contributed by atoms with Crippen LogP contribution in [-0.2, 0) is 14.6 Å². The number of hydrogen-bond donors (Lipinski definition) is 3. The summed E-state index contributed by atoms with van der Waals surface area (Å²) >= 11 is 6.24. The van der Waals surface area contributed by atoms with Crippen LogP contribution in [0.4, 0.5) is 5.82 Å². The third-order valence-electron chi connectivity index (χ3n) is 5.90. The lowest BCUT2D eigenvalue weighted by molar-refractivity contribution is -0.118. The molecule has 0 saturated heterocycles. The Morgan fingerprint density at radius 1 is 1.19 bits per heavy atom. The van der Waals surface area contributed by atoms with Gasteiger partial charge in [-0.05, 0) is 30.0 Å². The van der Waals surface area contributed by atoms with Crippen molar-refractivity contribution in [2.75, 3.05) is 24.8 Å². The molecule has 8 nitrogen and oxygen atoms in total. The first-order chi connectivity index (χ1) is 15.2. The van der Waals surface area contributed by atoms with Crippen LogP contribution in [-0.4, -0.2) is 54.0 Å². The average Bonchev–Trinajstić information content (AvgIpc) is 3.26. The van der Waals surface area contributed by atoms with Crippen LogP contribution in [0.3, 0.4) is 0 Å². The summed E-state index contributed by atoms with van der Waals surface area (Å²) in [5.41, 5.74) is 1.08. The van der Waals surface area contributed by atoms with Gasteiger partial charge in [0, 0.05) is 12.2 Å². The number of nitrogens with one attached hydrogen (secondary N) is 1. The third-order valence-corrected chi connectivity index (χ3v) is 7.48. The highest BCUT2D eigenvalue weighted by atomic mass is 35.5. The molecule has 1 saturated carbocycles. The molecule has 1 aliphatic carbocycles. The minimum absolute atomic E-state index is 0.0340. The molecule has 1 aliphatic rings. The molecule has 10 heteroatoms. The second-order valence-corrected chi connectivity index (χ2v) is 10.7. The quantitative estimate of drug-likeness (QED) is 0.502. The van der Waals surface area contributed by atoms with Crippen molar-refractivity contribution in [3.05, 3.63) is 46.9 Å². The van der Waals surface area contributed by atoms with Crippen LogP contribution >= 0.6 is 11.6 Å². The third kappa shape index (κ3) is 6.04. The van der Waals surface area contributed by atoms with E-state index in [4.69, 9.17) is 11.6 Å². The van der Waals surface area contributed by atoms with Gasteiger partial charge in [0.1, 0.15) is 0 Å². The summed E-state index contributed by atoms with van der Waals surface area (Å²) < 4.78 is 23.8. The first-order valence-electron chi connectivity index (χ1n) is 10.6. The minimum Gasteiger partial charge on any atom is -0.396 e. The maximum absolute atomic E-state index is 13.2. The van der Waals surface area contributed by atoms with Crippen LogP contribution < -0.4 is 5.32 Å². The van der Waals surface area contributed by atoms with Crippen LogP contribution in [0.2, 0.25) is 5.02 Å². The van der Waals surface area contributed by atoms with Crippen molar-refractivity contribution in [2.24, 2.45) is 5.92 Å². The number of aliphatic hydroxyl groups excluding tert-OH is 2. The number of halogens is 1. The van der Waals surface area contributed by atoms with Crippen LogP contribution in [0.1, 0.15) is 55.2 Å². The van der Waals surface area contributed by atoms with E-state index in [-0.39, 0.29) is 34.9 Å². The van der Waals surface area contributed by atoms with E-state index in [2.05, 4.69) is 15.3 Å². The summed E-state index contributed by atoms with van der Waals surface area (Å²) in [6.07, 6.45) is 8.90. The Bertz CT molecular complexity index is 1040. The molecule has 1 unspecified atom stereocenters. The van der Waals surface area contributed by atoms with Crippen LogP contribution in [0.5, 0.6) is 0 Å². The number of aliphatic hydroxyl groups is 2. The predicted molar refractivity (Wildman–Crippen MR) is 121 cm³/mol. The Labute approximate surface area is 193 Å². The van der Waals surface area contributed by atoms with Gasteiger partial charge in [0.15, 0.2) is 15.7 Å². The summed E-state index contributed by atoms with van der Waals surface area (Å²) in [7, 11) is -3.47. The van der Waals surface area contributed by atoms with Crippen LogP contribution in [0.25, 0.3) is 0 Å². The molecular formula is C22H28ClN3O5S. The van der Waals surface area contributed by atoms with Crippen molar-refractivity contribution in [1.29, 1.82) is 0 Å². The van der Waals surface area contributed by atoms with Crippen molar-refractivity contribution in [1.82, 2.24) is 9.97 Å². The van der Waals surface area contributed by atoms with E-state index in [0.717, 1.165) is 31.9 Å². The van der Waals surface area contributed by atoms with Gasteiger partial charge in [-0.3, -0.25) is 9.78 Å². The zero-order valence-corrected chi connectivity index (χ0v) is 19.4. The Morgan fingerprint density at radius 3 is 2.41 bits per heavy atom. The number of amides is 1. The highest BCUT2D eigenvalue weighted by Gasteiger charge is 2.28. The number of hydrogen-bond acceptors (Lipinski definition) is 7. The number of benzene rings is 1. The summed E-state index contributed by atoms with van der Waals surface area (Å²) in [6, 6.07) is 4.64. The zero-order valence-electron chi connectivity index (χ0n) is 17.9. The summed E-state index contributed by atoms with van der Waals surface area (Å²) in [6.45, 7) is -0.519. The van der Waals surface area contributed by atoms with Gasteiger partial charge in [-0.15, -0.1) is 0 Å². The van der Waals surface area contributed by atoms with E-state index < -0.39 is 21.7 Å². The first-order valence-corrected chi connectivity index (χ1v) is 12.8. The number of carbonyl (C=O) groups excluding carboxylic acids is 1. The Morgan fingerprint density at radius 2 is 1.88 bits per heavy atom. The lowest BCUT2D eigenvalue weighted by atomic mass is 9.87. The molecule has 0 radical (unpaired) electrons. The fraction of sp³-hybridized carbons (Fsp3) is 0.500. The molecule has 0 bridgehead atoms. The molecule has 3 rings (SSSR count). The van der Waals surface area contributed by atoms with E-state index in [1.54, 1.807) is 12.1 Å². The lowest BCUT2D eigenvalue weighted by Gasteiger charge is -2.21. The molecule has 0 aliphatic heterocycles. The summed E-state index contributed by atoms with van der Waals surface area (Å²) in [4.78, 5) is 21.6. The number of anilines is 1. The molecule has 1 amide bonds. The standard InChI is InChI=1S/C22H28ClN3O5S/c1-32(30,31)20-7-6-15(9-18(20)23)17(8-14-4-2-3-5-14)22(29)26-21-11-24-19(10-25-21)16(12-27)13-28/h6-7,9-11,14,16-17,27-28H,2-5,8,12-13H2,1H3,(H,25,26,29). The van der Waals surface area contributed by atoms with Crippen molar-refractivity contribution < 1.29 is 23.4 Å². The molecule has 0 spiro atoms. The molecule has 1 fully saturated rings. The zero-order chi connectivity index (χ0) is 23.3. The Kier molecular flexibility index (Phi) is 8.21. The van der Waals surface area contributed by atoms with Gasteiger partial charge in [-0.25, -0.2) is 13.4 Å². The van der Waals surface area contributed by atoms with Gasteiger partial charge in [-0.1, -0.05) is 43.4 Å². The maximum atomic E-state index is 13.2. The van der Waals surface area contributed by atoms with E-state index in [1.165, 1.54) is 18.5 Å². The topological polar surface area (TPSA) is 129 Å². The first kappa shape index (κ1) is 24.6. The van der Waals surface area contributed by atoms with Gasteiger partial charge in [0.05, 0.1) is 47.1 Å². The molecule has 2 aromatic rings. The number of aromatic nitrogens is 2. The normalized spacial score (nSPS) is 15.8. The monoisotopic (exact) mass is 481 g/mol. The SMILES string of the molecule is CS(=O)(=O)c1ccc(C(CC2CCCC2)C(=O)Nc2cnc(C(CO)CO)cn2)cc1Cl. The predicted octanol–water partition coefficient (Wildman–Crippen LogP) is 2.90. The fourth-order valence-corrected chi connectivity index (χ4v) is 5.42. The summed E-state index contributed by atoms with van der Waals surface area (Å²) in [5, 5.41) is 21.4. The minimum atomic E-state index is -3.47. The highest BCUT2D eigenvalue weighted by molar-refractivity contribution is 7.90. The molecule has 1 aromatic carbocycles. The highest BCUT2D eigenvalue weighted by Crippen LogP contribution is 2.36. The maximum Gasteiger partial charge on any atom is 0.233 e. The Balaban J connectivity index is 1.84.